The summed E-state index contributed by atoms with van der Waals surface area (Å²) in [6, 6.07) is 4.95. The highest BCUT2D eigenvalue weighted by Crippen LogP contribution is 2.48. The van der Waals surface area contributed by atoms with Gasteiger partial charge in [0.2, 0.25) is 5.91 Å². The molecule has 1 fully saturated rings. The molecule has 0 aromatic heterocycles. The van der Waals surface area contributed by atoms with Crippen molar-refractivity contribution in [2.75, 3.05) is 19.8 Å². The van der Waals surface area contributed by atoms with Crippen LogP contribution in [0.1, 0.15) is 38.8 Å². The van der Waals surface area contributed by atoms with Crippen LogP contribution in [0.25, 0.3) is 0 Å². The maximum atomic E-state index is 13.1. The van der Waals surface area contributed by atoms with Gasteiger partial charge in [0.15, 0.2) is 0 Å². The molecule has 2 heterocycles. The number of hydrogen-bond donors (Lipinski definition) is 1. The van der Waals surface area contributed by atoms with Crippen LogP contribution in [0.4, 0.5) is 4.79 Å². The van der Waals surface area contributed by atoms with Crippen LogP contribution < -0.4 is 4.74 Å². The Bertz CT molecular complexity index is 1050. The van der Waals surface area contributed by atoms with E-state index in [0.717, 1.165) is 11.1 Å². The van der Waals surface area contributed by atoms with E-state index in [2.05, 4.69) is 13.2 Å². The number of carbonyl (C=O) groups is 3. The van der Waals surface area contributed by atoms with E-state index in [1.807, 2.05) is 27.7 Å². The predicted octanol–water partition coefficient (Wildman–Crippen LogP) is 4.08. The Kier molecular flexibility index (Phi) is 10.9. The van der Waals surface area contributed by atoms with Crippen molar-refractivity contribution in [3.63, 3.8) is 0 Å². The third-order valence-corrected chi connectivity index (χ3v) is 6.38. The third kappa shape index (κ3) is 6.22. The number of benzene rings is 1. The fourth-order valence-corrected chi connectivity index (χ4v) is 4.54. The lowest BCUT2D eigenvalue weighted by molar-refractivity contribution is -0.164. The average Bonchev–Trinajstić information content (AvgIpc) is 3.14. The fourth-order valence-electron chi connectivity index (χ4n) is 4.54. The van der Waals surface area contributed by atoms with Gasteiger partial charge >= 0.3 is 12.1 Å². The van der Waals surface area contributed by atoms with E-state index in [1.54, 1.807) is 25.1 Å². The zero-order valence-corrected chi connectivity index (χ0v) is 22.2. The van der Waals surface area contributed by atoms with Gasteiger partial charge in [0.05, 0.1) is 18.6 Å². The molecule has 4 atom stereocenters. The number of nitrogens with zero attached hydrogens (tertiary/aromatic N) is 1. The molecule has 0 saturated carbocycles. The van der Waals surface area contributed by atoms with E-state index in [4.69, 9.17) is 18.9 Å². The smallest absolute Gasteiger partial charge is 0.489 e. The van der Waals surface area contributed by atoms with Crippen molar-refractivity contribution in [3.8, 4) is 5.75 Å². The van der Waals surface area contributed by atoms with Crippen molar-refractivity contribution in [1.29, 1.82) is 0 Å². The van der Waals surface area contributed by atoms with E-state index >= 15 is 0 Å². The maximum absolute atomic E-state index is 13.1. The highest BCUT2D eigenvalue weighted by Gasteiger charge is 2.61. The molecule has 0 bridgehead atoms. The van der Waals surface area contributed by atoms with E-state index in [-0.39, 0.29) is 43.9 Å². The van der Waals surface area contributed by atoms with Crippen LogP contribution in [-0.2, 0) is 30.4 Å². The molecule has 2 aliphatic rings. The summed E-state index contributed by atoms with van der Waals surface area (Å²) in [7, 11) is 0. The zero-order valence-electron chi connectivity index (χ0n) is 22.2. The summed E-state index contributed by atoms with van der Waals surface area (Å²) >= 11 is 0. The minimum Gasteiger partial charge on any atom is -0.489 e. The number of aliphatic hydroxyl groups excluding tert-OH is 1. The highest BCUT2D eigenvalue weighted by atomic mass is 16.7. The Morgan fingerprint density at radius 3 is 2.43 bits per heavy atom. The van der Waals surface area contributed by atoms with Gasteiger partial charge in [-0.2, -0.15) is 0 Å². The molecule has 9 nitrogen and oxygen atoms in total. The Balaban J connectivity index is 0.00000235. The van der Waals surface area contributed by atoms with Gasteiger partial charge in [0.1, 0.15) is 37.4 Å². The lowest BCUT2D eigenvalue weighted by Crippen LogP contribution is -2.64. The molecule has 9 heteroatoms. The molecular formula is C28H37NO8. The fraction of sp³-hybridized carbons (Fsp3) is 0.464. The number of β-lactam (4-membered cyclic amide) rings is 1. The highest BCUT2D eigenvalue weighted by molar-refractivity contribution is 6.01. The summed E-state index contributed by atoms with van der Waals surface area (Å²) in [5.41, 5.74) is 2.27. The van der Waals surface area contributed by atoms with Crippen LogP contribution in [0, 0.1) is 18.8 Å². The second-order valence-electron chi connectivity index (χ2n) is 8.43. The van der Waals surface area contributed by atoms with E-state index in [0.29, 0.717) is 11.3 Å². The Labute approximate surface area is 218 Å². The first-order valence-corrected chi connectivity index (χ1v) is 12.4. The normalized spacial score (nSPS) is 20.5. The summed E-state index contributed by atoms with van der Waals surface area (Å²) in [5.74, 6) is -1.34. The molecule has 1 saturated heterocycles. The monoisotopic (exact) mass is 515 g/mol. The zero-order chi connectivity index (χ0) is 27.7. The van der Waals surface area contributed by atoms with Crippen molar-refractivity contribution < 1.29 is 38.4 Å². The standard InChI is InChI=1S/C26H31NO8.C2H6/c1-6-11-32-25(30)23-19(14-34-20-10-8-9-18(13-28)15(20)3)16(4)22-21(24(29)27(22)23)17(5)35-26(31)33-12-7-2;1-2/h6-10,16-17,21-22,28H,1-2,11-14H2,3-5H3;1-2H3. The Hall–Kier alpha value is -3.59. The number of carbonyl (C=O) groups excluding carboxylic acids is 3. The molecule has 1 amide bonds. The van der Waals surface area contributed by atoms with Crippen molar-refractivity contribution in [2.45, 2.75) is 53.4 Å². The van der Waals surface area contributed by atoms with Gasteiger partial charge in [-0.3, -0.25) is 4.79 Å². The summed E-state index contributed by atoms with van der Waals surface area (Å²) in [5, 5.41) is 9.53. The first kappa shape index (κ1) is 29.6. The first-order valence-electron chi connectivity index (χ1n) is 12.4. The molecule has 0 aliphatic carbocycles. The van der Waals surface area contributed by atoms with Crippen molar-refractivity contribution >= 4 is 18.0 Å². The number of aliphatic hydroxyl groups is 1. The second-order valence-corrected chi connectivity index (χ2v) is 8.43. The molecular weight excluding hydrogens is 478 g/mol. The minimum atomic E-state index is -0.893. The van der Waals surface area contributed by atoms with Crippen LogP contribution in [-0.4, -0.2) is 60.0 Å². The maximum Gasteiger partial charge on any atom is 0.508 e. The molecule has 37 heavy (non-hydrogen) atoms. The molecule has 4 unspecified atom stereocenters. The van der Waals surface area contributed by atoms with Gasteiger partial charge < -0.3 is 29.0 Å². The SMILES string of the molecule is C=CCOC(=O)OC(C)C1C(=O)N2C(C(=O)OCC=C)=C(COc3cccc(CO)c3C)C(C)C12.CC. The van der Waals surface area contributed by atoms with Gasteiger partial charge in [0, 0.05) is 11.5 Å². The second kappa shape index (κ2) is 13.6. The quantitative estimate of drug-likeness (QED) is 0.267. The van der Waals surface area contributed by atoms with Gasteiger partial charge in [0.25, 0.3) is 0 Å². The van der Waals surface area contributed by atoms with Crippen molar-refractivity contribution in [2.24, 2.45) is 11.8 Å². The average molecular weight is 516 g/mol. The third-order valence-electron chi connectivity index (χ3n) is 6.38. The number of amides is 1. The van der Waals surface area contributed by atoms with E-state index in [9.17, 15) is 19.5 Å². The number of hydrogen-bond acceptors (Lipinski definition) is 8. The number of ether oxygens (including phenoxy) is 4. The van der Waals surface area contributed by atoms with E-state index in [1.165, 1.54) is 17.1 Å². The topological polar surface area (TPSA) is 112 Å². The molecule has 3 rings (SSSR count). The summed E-state index contributed by atoms with van der Waals surface area (Å²) in [6.07, 6.45) is 1.20. The lowest BCUT2D eigenvalue weighted by atomic mass is 9.77. The predicted molar refractivity (Wildman–Crippen MR) is 138 cm³/mol. The van der Waals surface area contributed by atoms with Crippen LogP contribution in [0.5, 0.6) is 5.75 Å². The summed E-state index contributed by atoms with van der Waals surface area (Å²) < 4.78 is 21.4. The number of rotatable bonds is 11. The molecule has 0 radical (unpaired) electrons. The molecule has 2 aliphatic heterocycles. The molecule has 0 spiro atoms. The van der Waals surface area contributed by atoms with Crippen LogP contribution >= 0.6 is 0 Å². The van der Waals surface area contributed by atoms with E-state index < -0.39 is 30.2 Å². The van der Waals surface area contributed by atoms with Crippen LogP contribution in [0.15, 0.2) is 54.8 Å². The Morgan fingerprint density at radius 2 is 1.81 bits per heavy atom. The number of fused-ring (bicyclic) bond motifs is 1. The minimum absolute atomic E-state index is 0.00461. The van der Waals surface area contributed by atoms with Crippen molar-refractivity contribution in [1.82, 2.24) is 4.90 Å². The Morgan fingerprint density at radius 1 is 1.16 bits per heavy atom. The summed E-state index contributed by atoms with van der Waals surface area (Å²) in [6.45, 7) is 16.3. The summed E-state index contributed by atoms with van der Waals surface area (Å²) in [4.78, 5) is 39.3. The largest absolute Gasteiger partial charge is 0.508 e. The van der Waals surface area contributed by atoms with Gasteiger partial charge in [-0.15, -0.1) is 0 Å². The van der Waals surface area contributed by atoms with Crippen LogP contribution in [0.2, 0.25) is 0 Å². The van der Waals surface area contributed by atoms with Crippen LogP contribution in [0.3, 0.4) is 0 Å². The van der Waals surface area contributed by atoms with Gasteiger partial charge in [-0.05, 0) is 31.0 Å². The molecule has 1 N–H and O–H groups in total. The van der Waals surface area contributed by atoms with Gasteiger partial charge in [-0.1, -0.05) is 58.2 Å². The van der Waals surface area contributed by atoms with Crippen molar-refractivity contribution in [3.05, 3.63) is 65.9 Å². The van der Waals surface area contributed by atoms with Gasteiger partial charge in [-0.25, -0.2) is 9.59 Å². The molecule has 1 aromatic rings. The molecule has 1 aromatic carbocycles. The first-order chi connectivity index (χ1) is 17.8. The molecule has 202 valence electrons. The lowest BCUT2D eigenvalue weighted by Gasteiger charge is -2.47. The number of esters is 1.